The largest absolute Gasteiger partial charge is 0.373 e. The van der Waals surface area contributed by atoms with E-state index in [1.54, 1.807) is 0 Å². The van der Waals surface area contributed by atoms with Gasteiger partial charge in [0.15, 0.2) is 5.96 Å². The predicted octanol–water partition coefficient (Wildman–Crippen LogP) is 2.36. The van der Waals surface area contributed by atoms with Gasteiger partial charge in [-0.3, -0.25) is 4.90 Å². The van der Waals surface area contributed by atoms with Crippen LogP contribution < -0.4 is 11.1 Å². The smallest absolute Gasteiger partial charge is 0.188 e. The van der Waals surface area contributed by atoms with Gasteiger partial charge in [0.05, 0.1) is 18.8 Å². The highest BCUT2D eigenvalue weighted by Gasteiger charge is 2.21. The maximum Gasteiger partial charge on any atom is 0.188 e. The molecule has 1 aromatic carbocycles. The van der Waals surface area contributed by atoms with Crippen LogP contribution in [0.15, 0.2) is 29.3 Å². The minimum Gasteiger partial charge on any atom is -0.373 e. The molecule has 1 heterocycles. The Hall–Kier alpha value is -1.59. The fourth-order valence-electron chi connectivity index (χ4n) is 2.96. The molecule has 2 unspecified atom stereocenters. The van der Waals surface area contributed by atoms with Gasteiger partial charge in [0, 0.05) is 26.2 Å². The first-order valence-electron chi connectivity index (χ1n) is 8.91. The van der Waals surface area contributed by atoms with E-state index in [1.807, 2.05) is 0 Å². The summed E-state index contributed by atoms with van der Waals surface area (Å²) in [5.41, 5.74) is 8.38. The standard InChI is InChI=1S/C19H32N4O/c1-14(2)9-21-19(20)22-10-17-5-7-18(8-6-17)13-23-11-15(3)24-16(4)12-23/h5-8,14-16H,9-13H2,1-4H3,(H3,20,21,22). The number of rotatable bonds is 6. The van der Waals surface area contributed by atoms with E-state index in [-0.39, 0.29) is 0 Å². The molecule has 1 aliphatic heterocycles. The number of nitrogens with two attached hydrogens (primary N) is 1. The second-order valence-electron chi connectivity index (χ2n) is 7.24. The van der Waals surface area contributed by atoms with Gasteiger partial charge in [0.2, 0.25) is 0 Å². The topological polar surface area (TPSA) is 62.9 Å². The molecular weight excluding hydrogens is 300 g/mol. The summed E-state index contributed by atoms with van der Waals surface area (Å²) in [6, 6.07) is 8.66. The van der Waals surface area contributed by atoms with Crippen molar-refractivity contribution in [1.82, 2.24) is 10.2 Å². The van der Waals surface area contributed by atoms with Crippen LogP contribution in [0.4, 0.5) is 0 Å². The van der Waals surface area contributed by atoms with Crippen LogP contribution in [0.25, 0.3) is 0 Å². The van der Waals surface area contributed by atoms with E-state index in [0.717, 1.165) is 26.2 Å². The fraction of sp³-hybridized carbons (Fsp3) is 0.632. The van der Waals surface area contributed by atoms with Gasteiger partial charge in [0.1, 0.15) is 0 Å². The fourth-order valence-corrected chi connectivity index (χ4v) is 2.96. The monoisotopic (exact) mass is 332 g/mol. The molecule has 0 aromatic heterocycles. The van der Waals surface area contributed by atoms with Crippen LogP contribution in [-0.2, 0) is 17.8 Å². The molecule has 3 N–H and O–H groups in total. The highest BCUT2D eigenvalue weighted by molar-refractivity contribution is 5.77. The van der Waals surface area contributed by atoms with Crippen molar-refractivity contribution in [3.8, 4) is 0 Å². The zero-order chi connectivity index (χ0) is 17.5. The number of aliphatic imine (C=N–C) groups is 1. The molecule has 0 saturated carbocycles. The molecule has 1 fully saturated rings. The SMILES string of the molecule is CC(C)CNC(N)=NCc1ccc(CN2CC(C)OC(C)C2)cc1. The zero-order valence-electron chi connectivity index (χ0n) is 15.5. The number of benzene rings is 1. The Bertz CT molecular complexity index is 517. The molecule has 134 valence electrons. The quantitative estimate of drug-likeness (QED) is 0.620. The third kappa shape index (κ3) is 6.49. The summed E-state index contributed by atoms with van der Waals surface area (Å²) in [6.45, 7) is 13.0. The third-order valence-corrected chi connectivity index (χ3v) is 4.05. The van der Waals surface area contributed by atoms with Crippen molar-refractivity contribution in [1.29, 1.82) is 0 Å². The van der Waals surface area contributed by atoms with E-state index in [2.05, 4.69) is 67.2 Å². The van der Waals surface area contributed by atoms with Crippen LogP contribution >= 0.6 is 0 Å². The number of nitrogens with one attached hydrogen (secondary N) is 1. The van der Waals surface area contributed by atoms with Gasteiger partial charge in [-0.15, -0.1) is 0 Å². The Labute approximate surface area is 146 Å². The van der Waals surface area contributed by atoms with Crippen molar-refractivity contribution in [2.75, 3.05) is 19.6 Å². The minimum atomic E-state index is 0.309. The lowest BCUT2D eigenvalue weighted by Crippen LogP contribution is -2.44. The molecular formula is C19H32N4O. The van der Waals surface area contributed by atoms with E-state index < -0.39 is 0 Å². The van der Waals surface area contributed by atoms with Gasteiger partial charge >= 0.3 is 0 Å². The Morgan fingerprint density at radius 1 is 1.21 bits per heavy atom. The molecule has 24 heavy (non-hydrogen) atoms. The molecule has 0 bridgehead atoms. The Balaban J connectivity index is 1.83. The second-order valence-corrected chi connectivity index (χ2v) is 7.24. The Kier molecular flexibility index (Phi) is 7.06. The summed E-state index contributed by atoms with van der Waals surface area (Å²) in [6.07, 6.45) is 0.618. The lowest BCUT2D eigenvalue weighted by molar-refractivity contribution is -0.0704. The van der Waals surface area contributed by atoms with Gasteiger partial charge < -0.3 is 15.8 Å². The van der Waals surface area contributed by atoms with Gasteiger partial charge in [-0.1, -0.05) is 38.1 Å². The molecule has 0 spiro atoms. The highest BCUT2D eigenvalue weighted by Crippen LogP contribution is 2.15. The van der Waals surface area contributed by atoms with Crippen LogP contribution in [-0.4, -0.2) is 42.7 Å². The summed E-state index contributed by atoms with van der Waals surface area (Å²) < 4.78 is 5.79. The lowest BCUT2D eigenvalue weighted by atomic mass is 10.1. The van der Waals surface area contributed by atoms with Crippen LogP contribution in [0.5, 0.6) is 0 Å². The van der Waals surface area contributed by atoms with Crippen LogP contribution in [0.2, 0.25) is 0 Å². The molecule has 1 saturated heterocycles. The van der Waals surface area contributed by atoms with Gasteiger partial charge in [-0.25, -0.2) is 4.99 Å². The predicted molar refractivity (Wildman–Crippen MR) is 99.9 cm³/mol. The summed E-state index contributed by atoms with van der Waals surface area (Å²) in [7, 11) is 0. The van der Waals surface area contributed by atoms with E-state index in [9.17, 15) is 0 Å². The summed E-state index contributed by atoms with van der Waals surface area (Å²) in [5.74, 6) is 1.08. The van der Waals surface area contributed by atoms with Crippen molar-refractivity contribution in [3.63, 3.8) is 0 Å². The van der Waals surface area contributed by atoms with E-state index in [0.29, 0.717) is 30.6 Å². The Morgan fingerprint density at radius 2 is 1.79 bits per heavy atom. The average Bonchev–Trinajstić information content (AvgIpc) is 2.51. The van der Waals surface area contributed by atoms with E-state index in [1.165, 1.54) is 11.1 Å². The van der Waals surface area contributed by atoms with Crippen LogP contribution in [0.3, 0.4) is 0 Å². The molecule has 5 heteroatoms. The Morgan fingerprint density at radius 3 is 2.38 bits per heavy atom. The van der Waals surface area contributed by atoms with E-state index >= 15 is 0 Å². The molecule has 1 aliphatic rings. The van der Waals surface area contributed by atoms with Gasteiger partial charge in [-0.2, -0.15) is 0 Å². The molecule has 5 nitrogen and oxygen atoms in total. The first-order valence-corrected chi connectivity index (χ1v) is 8.91. The first-order chi connectivity index (χ1) is 11.4. The van der Waals surface area contributed by atoms with Crippen molar-refractivity contribution < 1.29 is 4.74 Å². The number of ether oxygens (including phenoxy) is 1. The normalized spacial score (nSPS) is 22.8. The van der Waals surface area contributed by atoms with Crippen molar-refractivity contribution >= 4 is 5.96 Å². The summed E-state index contributed by atoms with van der Waals surface area (Å²) in [5, 5.41) is 3.14. The molecule has 0 radical (unpaired) electrons. The van der Waals surface area contributed by atoms with E-state index in [4.69, 9.17) is 10.5 Å². The molecule has 1 aromatic rings. The minimum absolute atomic E-state index is 0.309. The number of hydrogen-bond acceptors (Lipinski definition) is 3. The summed E-state index contributed by atoms with van der Waals surface area (Å²) >= 11 is 0. The number of hydrogen-bond donors (Lipinski definition) is 2. The molecule has 2 rings (SSSR count). The van der Waals surface area contributed by atoms with Crippen LogP contribution in [0.1, 0.15) is 38.8 Å². The van der Waals surface area contributed by atoms with Crippen molar-refractivity contribution in [3.05, 3.63) is 35.4 Å². The number of guanidine groups is 1. The number of morpholine rings is 1. The average molecular weight is 332 g/mol. The lowest BCUT2D eigenvalue weighted by Gasteiger charge is -2.35. The molecule has 0 amide bonds. The van der Waals surface area contributed by atoms with Crippen molar-refractivity contribution in [2.24, 2.45) is 16.6 Å². The van der Waals surface area contributed by atoms with Crippen LogP contribution in [0, 0.1) is 5.92 Å². The highest BCUT2D eigenvalue weighted by atomic mass is 16.5. The maximum atomic E-state index is 5.87. The molecule has 2 atom stereocenters. The summed E-state index contributed by atoms with van der Waals surface area (Å²) in [4.78, 5) is 6.85. The third-order valence-electron chi connectivity index (χ3n) is 4.05. The van der Waals surface area contributed by atoms with Gasteiger partial charge in [0.25, 0.3) is 0 Å². The van der Waals surface area contributed by atoms with Gasteiger partial charge in [-0.05, 0) is 30.9 Å². The number of nitrogens with zero attached hydrogens (tertiary/aromatic N) is 2. The first kappa shape index (κ1) is 18.7. The second kappa shape index (κ2) is 9.04. The van der Waals surface area contributed by atoms with Crippen molar-refractivity contribution in [2.45, 2.75) is 53.0 Å². The zero-order valence-corrected chi connectivity index (χ0v) is 15.5. The maximum absolute atomic E-state index is 5.87. The molecule has 0 aliphatic carbocycles.